The lowest BCUT2D eigenvalue weighted by Gasteiger charge is -1.98. The summed E-state index contributed by atoms with van der Waals surface area (Å²) in [6.45, 7) is 0. The van der Waals surface area contributed by atoms with Crippen molar-refractivity contribution in [2.45, 2.75) is 0 Å². The maximum Gasteiger partial charge on any atom is 0.352 e. The minimum Gasteiger partial charge on any atom is -0.477 e. The Hall–Kier alpha value is -1.26. The number of aromatic carboxylic acids is 1. The zero-order valence-electron chi connectivity index (χ0n) is 7.14. The SMILES string of the molecule is O=C(O)c1cc2c(Cl)cc(F)c(Cl)c2[nH]1. The lowest BCUT2D eigenvalue weighted by atomic mass is 10.2. The first-order chi connectivity index (χ1) is 7.00. The number of halogens is 3. The molecule has 2 rings (SSSR count). The van der Waals surface area contributed by atoms with Gasteiger partial charge in [-0.15, -0.1) is 0 Å². The molecule has 0 aliphatic rings. The van der Waals surface area contributed by atoms with E-state index in [2.05, 4.69) is 4.98 Å². The highest BCUT2D eigenvalue weighted by Crippen LogP contribution is 2.32. The van der Waals surface area contributed by atoms with Gasteiger partial charge in [-0.05, 0) is 12.1 Å². The normalized spacial score (nSPS) is 10.9. The summed E-state index contributed by atoms with van der Waals surface area (Å²) < 4.78 is 13.1. The zero-order valence-corrected chi connectivity index (χ0v) is 8.66. The van der Waals surface area contributed by atoms with E-state index in [4.69, 9.17) is 28.3 Å². The molecule has 2 N–H and O–H groups in total. The molecular weight excluding hydrogens is 244 g/mol. The van der Waals surface area contributed by atoms with E-state index in [1.54, 1.807) is 0 Å². The molecule has 1 heterocycles. The van der Waals surface area contributed by atoms with Crippen molar-refractivity contribution < 1.29 is 14.3 Å². The van der Waals surface area contributed by atoms with Crippen LogP contribution in [0.4, 0.5) is 4.39 Å². The second kappa shape index (κ2) is 3.40. The molecular formula is C9H4Cl2FNO2. The van der Waals surface area contributed by atoms with Crippen molar-refractivity contribution in [1.29, 1.82) is 0 Å². The molecule has 0 amide bonds. The van der Waals surface area contributed by atoms with Crippen molar-refractivity contribution in [3.8, 4) is 0 Å². The number of benzene rings is 1. The van der Waals surface area contributed by atoms with Gasteiger partial charge in [0, 0.05) is 5.39 Å². The monoisotopic (exact) mass is 247 g/mol. The lowest BCUT2D eigenvalue weighted by Crippen LogP contribution is -1.94. The first-order valence-electron chi connectivity index (χ1n) is 3.90. The zero-order chi connectivity index (χ0) is 11.2. The Morgan fingerprint density at radius 3 is 2.67 bits per heavy atom. The van der Waals surface area contributed by atoms with Crippen LogP contribution >= 0.6 is 23.2 Å². The number of rotatable bonds is 1. The molecule has 15 heavy (non-hydrogen) atoms. The Morgan fingerprint density at radius 2 is 2.07 bits per heavy atom. The summed E-state index contributed by atoms with van der Waals surface area (Å²) in [4.78, 5) is 13.2. The van der Waals surface area contributed by atoms with Gasteiger partial charge in [0.15, 0.2) is 0 Å². The van der Waals surface area contributed by atoms with Crippen molar-refractivity contribution in [1.82, 2.24) is 4.98 Å². The molecule has 0 fully saturated rings. The molecule has 1 aromatic heterocycles. The molecule has 78 valence electrons. The standard InChI is InChI=1S/C9H4Cl2FNO2/c10-4-2-5(12)7(11)8-3(4)1-6(13-8)9(14)15/h1-2,13H,(H,14,15). The smallest absolute Gasteiger partial charge is 0.352 e. The van der Waals surface area contributed by atoms with Crippen molar-refractivity contribution in [3.63, 3.8) is 0 Å². The average Bonchev–Trinajstić information content (AvgIpc) is 2.59. The third-order valence-electron chi connectivity index (χ3n) is 1.99. The molecule has 0 saturated carbocycles. The molecule has 0 atom stereocenters. The van der Waals surface area contributed by atoms with Crippen molar-refractivity contribution >= 4 is 40.1 Å². The van der Waals surface area contributed by atoms with E-state index in [0.717, 1.165) is 6.07 Å². The van der Waals surface area contributed by atoms with Gasteiger partial charge in [0.25, 0.3) is 0 Å². The van der Waals surface area contributed by atoms with E-state index in [1.807, 2.05) is 0 Å². The van der Waals surface area contributed by atoms with E-state index >= 15 is 0 Å². The third kappa shape index (κ3) is 1.56. The Kier molecular flexibility index (Phi) is 2.32. The molecule has 3 nitrogen and oxygen atoms in total. The number of carboxylic acids is 1. The van der Waals surface area contributed by atoms with Crippen LogP contribution in [0.1, 0.15) is 10.5 Å². The predicted molar refractivity (Wildman–Crippen MR) is 55.2 cm³/mol. The molecule has 6 heteroatoms. The summed E-state index contributed by atoms with van der Waals surface area (Å²) in [5.41, 5.74) is 0.110. The number of nitrogens with one attached hydrogen (secondary N) is 1. The molecule has 0 aliphatic heterocycles. The van der Waals surface area contributed by atoms with E-state index in [0.29, 0.717) is 5.39 Å². The van der Waals surface area contributed by atoms with Crippen molar-refractivity contribution in [2.24, 2.45) is 0 Å². The minimum atomic E-state index is -1.15. The summed E-state index contributed by atoms with van der Waals surface area (Å²) in [7, 11) is 0. The number of hydrogen-bond acceptors (Lipinski definition) is 1. The Labute approximate surface area is 93.4 Å². The maximum absolute atomic E-state index is 13.1. The van der Waals surface area contributed by atoms with Crippen LogP contribution in [0, 0.1) is 5.82 Å². The second-order valence-corrected chi connectivity index (χ2v) is 3.72. The Morgan fingerprint density at radius 1 is 1.40 bits per heavy atom. The maximum atomic E-state index is 13.1. The van der Waals surface area contributed by atoms with Gasteiger partial charge in [0.2, 0.25) is 0 Å². The van der Waals surface area contributed by atoms with Crippen LogP contribution in [0.15, 0.2) is 12.1 Å². The largest absolute Gasteiger partial charge is 0.477 e. The Balaban J connectivity index is 2.85. The fourth-order valence-corrected chi connectivity index (χ4v) is 1.75. The summed E-state index contributed by atoms with van der Waals surface area (Å²) in [5.74, 6) is -1.84. The molecule has 0 saturated heterocycles. The molecule has 0 spiro atoms. The lowest BCUT2D eigenvalue weighted by molar-refractivity contribution is 0.0691. The number of hydrogen-bond donors (Lipinski definition) is 2. The Bertz CT molecular complexity index is 565. The summed E-state index contributed by atoms with van der Waals surface area (Å²) >= 11 is 11.4. The van der Waals surface area contributed by atoms with E-state index in [-0.39, 0.29) is 21.3 Å². The highest BCUT2D eigenvalue weighted by molar-refractivity contribution is 6.40. The first-order valence-corrected chi connectivity index (χ1v) is 4.66. The van der Waals surface area contributed by atoms with Crippen molar-refractivity contribution in [3.05, 3.63) is 33.7 Å². The van der Waals surface area contributed by atoms with Gasteiger partial charge in [-0.1, -0.05) is 23.2 Å². The number of aromatic nitrogens is 1. The fourth-order valence-electron chi connectivity index (χ4n) is 1.30. The van der Waals surface area contributed by atoms with Gasteiger partial charge in [0.05, 0.1) is 10.5 Å². The highest BCUT2D eigenvalue weighted by Gasteiger charge is 2.15. The molecule has 0 bridgehead atoms. The van der Waals surface area contributed by atoms with Gasteiger partial charge in [-0.3, -0.25) is 0 Å². The topological polar surface area (TPSA) is 53.1 Å². The number of H-pyrrole nitrogens is 1. The van der Waals surface area contributed by atoms with Gasteiger partial charge < -0.3 is 10.1 Å². The van der Waals surface area contributed by atoms with E-state index < -0.39 is 11.8 Å². The third-order valence-corrected chi connectivity index (χ3v) is 2.67. The van der Waals surface area contributed by atoms with Crippen LogP contribution in [-0.4, -0.2) is 16.1 Å². The fraction of sp³-hybridized carbons (Fsp3) is 0. The minimum absolute atomic E-state index is 0.0839. The second-order valence-electron chi connectivity index (χ2n) is 2.93. The van der Waals surface area contributed by atoms with Gasteiger partial charge >= 0.3 is 5.97 Å². The van der Waals surface area contributed by atoms with Gasteiger partial charge in [-0.2, -0.15) is 0 Å². The molecule has 2 aromatic rings. The van der Waals surface area contributed by atoms with Crippen LogP contribution < -0.4 is 0 Å². The van der Waals surface area contributed by atoms with Crippen molar-refractivity contribution in [2.75, 3.05) is 0 Å². The van der Waals surface area contributed by atoms with Gasteiger partial charge in [-0.25, -0.2) is 9.18 Å². The first kappa shape index (κ1) is 10.3. The van der Waals surface area contributed by atoms with Crippen LogP contribution in [0.5, 0.6) is 0 Å². The van der Waals surface area contributed by atoms with E-state index in [1.165, 1.54) is 6.07 Å². The number of aromatic amines is 1. The molecule has 0 aliphatic carbocycles. The van der Waals surface area contributed by atoms with Crippen LogP contribution in [-0.2, 0) is 0 Å². The van der Waals surface area contributed by atoms with Crippen LogP contribution in [0.3, 0.4) is 0 Å². The highest BCUT2D eigenvalue weighted by atomic mass is 35.5. The predicted octanol–water partition coefficient (Wildman–Crippen LogP) is 3.31. The van der Waals surface area contributed by atoms with Crippen LogP contribution in [0.2, 0.25) is 10.0 Å². The van der Waals surface area contributed by atoms with Gasteiger partial charge in [0.1, 0.15) is 16.5 Å². The van der Waals surface area contributed by atoms with Crippen LogP contribution in [0.25, 0.3) is 10.9 Å². The van der Waals surface area contributed by atoms with E-state index in [9.17, 15) is 9.18 Å². The summed E-state index contributed by atoms with van der Waals surface area (Å²) in [5, 5.41) is 9.07. The average molecular weight is 248 g/mol. The molecule has 1 aromatic carbocycles. The summed E-state index contributed by atoms with van der Waals surface area (Å²) in [6.07, 6.45) is 0. The quantitative estimate of drug-likeness (QED) is 0.760. The molecule has 0 unspecified atom stereocenters. The summed E-state index contributed by atoms with van der Waals surface area (Å²) in [6, 6.07) is 2.36. The number of carbonyl (C=O) groups is 1. The number of carboxylic acid groups (broad SMARTS) is 1. The number of fused-ring (bicyclic) bond motifs is 1. The molecule has 0 radical (unpaired) electrons.